The minimum Gasteiger partial charge on any atom is -0.486 e. The lowest BCUT2D eigenvalue weighted by atomic mass is 9.89. The molecular formula is C20H25N3O5. The van der Waals surface area contributed by atoms with E-state index in [9.17, 15) is 14.4 Å². The molecule has 3 amide bonds. The summed E-state index contributed by atoms with van der Waals surface area (Å²) in [6, 6.07) is 5.32. The SMILES string of the molecule is O=C(NNC(=O)[C@H]1CC(=O)N(c2ccc3c(c2)OCCO3)C1)C1CCCCC1. The lowest BCUT2D eigenvalue weighted by molar-refractivity contribution is -0.133. The Morgan fingerprint density at radius 1 is 0.929 bits per heavy atom. The number of rotatable bonds is 3. The molecular weight excluding hydrogens is 362 g/mol. The fourth-order valence-electron chi connectivity index (χ4n) is 4.02. The van der Waals surface area contributed by atoms with E-state index in [4.69, 9.17) is 9.47 Å². The molecule has 0 radical (unpaired) electrons. The molecule has 1 atom stereocenters. The van der Waals surface area contributed by atoms with E-state index >= 15 is 0 Å². The maximum Gasteiger partial charge on any atom is 0.243 e. The van der Waals surface area contributed by atoms with Gasteiger partial charge in [0.1, 0.15) is 13.2 Å². The number of carbonyl (C=O) groups excluding carboxylic acids is 3. The summed E-state index contributed by atoms with van der Waals surface area (Å²) in [6.45, 7) is 1.24. The van der Waals surface area contributed by atoms with Gasteiger partial charge in [0.15, 0.2) is 11.5 Å². The summed E-state index contributed by atoms with van der Waals surface area (Å²) in [5.74, 6) is 0.112. The van der Waals surface area contributed by atoms with Gasteiger partial charge in [-0.05, 0) is 25.0 Å². The first-order chi connectivity index (χ1) is 13.6. The van der Waals surface area contributed by atoms with Crippen LogP contribution in [0.1, 0.15) is 38.5 Å². The molecule has 1 aromatic carbocycles. The number of fused-ring (bicyclic) bond motifs is 1. The third kappa shape index (κ3) is 3.90. The number of hydrazine groups is 1. The number of ether oxygens (including phenoxy) is 2. The highest BCUT2D eigenvalue weighted by Gasteiger charge is 2.36. The summed E-state index contributed by atoms with van der Waals surface area (Å²) in [7, 11) is 0. The normalized spacial score (nSPS) is 22.1. The summed E-state index contributed by atoms with van der Waals surface area (Å²) in [5, 5.41) is 0. The van der Waals surface area contributed by atoms with Gasteiger partial charge < -0.3 is 14.4 Å². The van der Waals surface area contributed by atoms with Crippen molar-refractivity contribution >= 4 is 23.4 Å². The second-order valence-corrected chi connectivity index (χ2v) is 7.55. The topological polar surface area (TPSA) is 97.0 Å². The molecule has 2 aliphatic heterocycles. The second kappa shape index (κ2) is 8.08. The van der Waals surface area contributed by atoms with Crippen LogP contribution in [0.2, 0.25) is 0 Å². The number of nitrogens with one attached hydrogen (secondary N) is 2. The van der Waals surface area contributed by atoms with E-state index in [1.54, 1.807) is 23.1 Å². The molecule has 150 valence electrons. The molecule has 0 bridgehead atoms. The molecule has 2 fully saturated rings. The van der Waals surface area contributed by atoms with E-state index in [0.717, 1.165) is 32.1 Å². The Kier molecular flexibility index (Phi) is 5.36. The van der Waals surface area contributed by atoms with Crippen LogP contribution < -0.4 is 25.2 Å². The second-order valence-electron chi connectivity index (χ2n) is 7.55. The van der Waals surface area contributed by atoms with E-state index in [-0.39, 0.29) is 36.6 Å². The van der Waals surface area contributed by atoms with Gasteiger partial charge in [-0.1, -0.05) is 19.3 Å². The fourth-order valence-corrected chi connectivity index (χ4v) is 4.02. The van der Waals surface area contributed by atoms with Crippen molar-refractivity contribution in [2.45, 2.75) is 38.5 Å². The first-order valence-corrected chi connectivity index (χ1v) is 9.91. The minimum atomic E-state index is -0.507. The minimum absolute atomic E-state index is 0.0338. The van der Waals surface area contributed by atoms with Crippen LogP contribution in [0.4, 0.5) is 5.69 Å². The monoisotopic (exact) mass is 387 g/mol. The van der Waals surface area contributed by atoms with Crippen molar-refractivity contribution in [3.05, 3.63) is 18.2 Å². The predicted octanol–water partition coefficient (Wildman–Crippen LogP) is 1.54. The molecule has 1 saturated heterocycles. The zero-order chi connectivity index (χ0) is 19.5. The summed E-state index contributed by atoms with van der Waals surface area (Å²) >= 11 is 0. The van der Waals surface area contributed by atoms with Crippen molar-refractivity contribution in [3.8, 4) is 11.5 Å². The standard InChI is InChI=1S/C20H25N3O5/c24-18-10-14(20(26)22-21-19(25)13-4-2-1-3-5-13)12-23(18)15-6-7-16-17(11-15)28-9-8-27-16/h6-7,11,13-14H,1-5,8-10,12H2,(H,21,25)(H,22,26)/t14-/m0/s1. The molecule has 28 heavy (non-hydrogen) atoms. The first kappa shape index (κ1) is 18.6. The highest BCUT2D eigenvalue weighted by molar-refractivity contribution is 6.00. The Morgan fingerprint density at radius 3 is 2.36 bits per heavy atom. The molecule has 1 aromatic rings. The lowest BCUT2D eigenvalue weighted by Gasteiger charge is -2.22. The van der Waals surface area contributed by atoms with Gasteiger partial charge >= 0.3 is 0 Å². The molecule has 0 aromatic heterocycles. The third-order valence-electron chi connectivity index (χ3n) is 5.62. The van der Waals surface area contributed by atoms with E-state index in [1.165, 1.54) is 0 Å². The van der Waals surface area contributed by atoms with Crippen LogP contribution in [0, 0.1) is 11.8 Å². The largest absolute Gasteiger partial charge is 0.486 e. The van der Waals surface area contributed by atoms with Crippen LogP contribution in [0.5, 0.6) is 11.5 Å². The van der Waals surface area contributed by atoms with Crippen molar-refractivity contribution in [3.63, 3.8) is 0 Å². The van der Waals surface area contributed by atoms with Crippen molar-refractivity contribution < 1.29 is 23.9 Å². The number of nitrogens with zero attached hydrogens (tertiary/aromatic N) is 1. The summed E-state index contributed by atoms with van der Waals surface area (Å²) in [6.07, 6.45) is 5.10. The first-order valence-electron chi connectivity index (χ1n) is 9.91. The van der Waals surface area contributed by atoms with Crippen molar-refractivity contribution in [1.82, 2.24) is 10.9 Å². The molecule has 0 unspecified atom stereocenters. The molecule has 8 nitrogen and oxygen atoms in total. The Morgan fingerprint density at radius 2 is 1.61 bits per heavy atom. The van der Waals surface area contributed by atoms with Gasteiger partial charge in [-0.15, -0.1) is 0 Å². The Balaban J connectivity index is 1.33. The number of carbonyl (C=O) groups is 3. The van der Waals surface area contributed by atoms with Gasteiger partial charge in [0.2, 0.25) is 17.7 Å². The van der Waals surface area contributed by atoms with E-state index in [2.05, 4.69) is 10.9 Å². The molecule has 3 aliphatic rings. The highest BCUT2D eigenvalue weighted by atomic mass is 16.6. The summed E-state index contributed by atoms with van der Waals surface area (Å²) in [4.78, 5) is 38.6. The predicted molar refractivity (Wildman–Crippen MR) is 101 cm³/mol. The van der Waals surface area contributed by atoms with Gasteiger partial charge in [0.05, 0.1) is 5.92 Å². The van der Waals surface area contributed by atoms with Gasteiger partial charge in [0, 0.05) is 30.6 Å². The molecule has 1 saturated carbocycles. The van der Waals surface area contributed by atoms with Crippen LogP contribution in [0.3, 0.4) is 0 Å². The zero-order valence-corrected chi connectivity index (χ0v) is 15.7. The summed E-state index contributed by atoms with van der Waals surface area (Å²) < 4.78 is 11.1. The van der Waals surface area contributed by atoms with Crippen LogP contribution in [0.15, 0.2) is 18.2 Å². The van der Waals surface area contributed by atoms with E-state index < -0.39 is 5.92 Å². The third-order valence-corrected chi connectivity index (χ3v) is 5.62. The van der Waals surface area contributed by atoms with E-state index in [1.807, 2.05) is 0 Å². The zero-order valence-electron chi connectivity index (χ0n) is 15.7. The Bertz CT molecular complexity index is 775. The smallest absolute Gasteiger partial charge is 0.243 e. The molecule has 4 rings (SSSR count). The number of benzene rings is 1. The maximum atomic E-state index is 12.4. The average Bonchev–Trinajstić information content (AvgIpc) is 3.13. The van der Waals surface area contributed by atoms with Gasteiger partial charge in [-0.25, -0.2) is 0 Å². The Hall–Kier alpha value is -2.77. The van der Waals surface area contributed by atoms with Gasteiger partial charge in [-0.2, -0.15) is 0 Å². The van der Waals surface area contributed by atoms with Crippen LogP contribution >= 0.6 is 0 Å². The van der Waals surface area contributed by atoms with Crippen LogP contribution in [-0.2, 0) is 14.4 Å². The Labute approximate surface area is 163 Å². The summed E-state index contributed by atoms with van der Waals surface area (Å²) in [5.41, 5.74) is 5.71. The number of amides is 3. The average molecular weight is 387 g/mol. The molecule has 0 spiro atoms. The highest BCUT2D eigenvalue weighted by Crippen LogP contribution is 2.36. The van der Waals surface area contributed by atoms with Crippen molar-refractivity contribution in [2.24, 2.45) is 11.8 Å². The van der Waals surface area contributed by atoms with E-state index in [0.29, 0.717) is 30.4 Å². The van der Waals surface area contributed by atoms with Gasteiger partial charge in [-0.3, -0.25) is 25.2 Å². The van der Waals surface area contributed by atoms with Crippen LogP contribution in [-0.4, -0.2) is 37.5 Å². The molecule has 8 heteroatoms. The molecule has 2 heterocycles. The lowest BCUT2D eigenvalue weighted by Crippen LogP contribution is -2.47. The van der Waals surface area contributed by atoms with Crippen LogP contribution in [0.25, 0.3) is 0 Å². The number of hydrogen-bond donors (Lipinski definition) is 2. The fraction of sp³-hybridized carbons (Fsp3) is 0.550. The quantitative estimate of drug-likeness (QED) is 0.767. The van der Waals surface area contributed by atoms with Crippen molar-refractivity contribution in [2.75, 3.05) is 24.7 Å². The van der Waals surface area contributed by atoms with Gasteiger partial charge in [0.25, 0.3) is 0 Å². The molecule has 2 N–H and O–H groups in total. The van der Waals surface area contributed by atoms with Crippen molar-refractivity contribution in [1.29, 1.82) is 0 Å². The molecule has 1 aliphatic carbocycles. The number of anilines is 1. The maximum absolute atomic E-state index is 12.4. The number of hydrogen-bond acceptors (Lipinski definition) is 5.